The Labute approximate surface area is 198 Å². The van der Waals surface area contributed by atoms with Gasteiger partial charge in [-0.3, -0.25) is 4.98 Å². The number of para-hydroxylation sites is 1. The van der Waals surface area contributed by atoms with Crippen LogP contribution in [0, 0.1) is 6.92 Å². The van der Waals surface area contributed by atoms with Crippen LogP contribution in [0.25, 0.3) is 27.7 Å². The van der Waals surface area contributed by atoms with Gasteiger partial charge < -0.3 is 4.90 Å². The molecule has 0 saturated heterocycles. The number of hydrogen-bond acceptors (Lipinski definition) is 6. The van der Waals surface area contributed by atoms with Gasteiger partial charge in [-0.1, -0.05) is 30.3 Å². The molecule has 0 saturated carbocycles. The summed E-state index contributed by atoms with van der Waals surface area (Å²) in [6.07, 6.45) is 5.49. The molecular weight excluding hydrogens is 446 g/mol. The monoisotopic (exact) mass is 471 g/mol. The van der Waals surface area contributed by atoms with Crippen molar-refractivity contribution >= 4 is 32.2 Å². The van der Waals surface area contributed by atoms with Gasteiger partial charge >= 0.3 is 0 Å². The van der Waals surface area contributed by atoms with E-state index in [2.05, 4.69) is 16.1 Å². The summed E-state index contributed by atoms with van der Waals surface area (Å²) in [5, 5.41) is 5.72. The highest BCUT2D eigenvalue weighted by atomic mass is 32.2. The van der Waals surface area contributed by atoms with E-state index in [4.69, 9.17) is 4.98 Å². The third kappa shape index (κ3) is 3.90. The first-order chi connectivity index (χ1) is 16.2. The lowest BCUT2D eigenvalue weighted by molar-refractivity contribution is 0.602. The van der Waals surface area contributed by atoms with Gasteiger partial charge in [0.25, 0.3) is 0 Å². The Morgan fingerprint density at radius 2 is 1.74 bits per heavy atom. The zero-order valence-corrected chi connectivity index (χ0v) is 20.3. The molecule has 0 unspecified atom stereocenters. The fourth-order valence-electron chi connectivity index (χ4n) is 4.27. The maximum atomic E-state index is 11.8. The van der Waals surface area contributed by atoms with E-state index >= 15 is 0 Å². The highest BCUT2D eigenvalue weighted by Gasteiger charge is 2.19. The molecule has 0 fully saturated rings. The zero-order chi connectivity index (χ0) is 24.0. The fraction of sp³-hybridized carbons (Fsp3) is 0.192. The van der Waals surface area contributed by atoms with Gasteiger partial charge in [-0.05, 0) is 36.8 Å². The molecule has 3 heterocycles. The van der Waals surface area contributed by atoms with Crippen LogP contribution in [0.2, 0.25) is 0 Å². The van der Waals surface area contributed by atoms with E-state index in [-0.39, 0.29) is 0 Å². The summed E-state index contributed by atoms with van der Waals surface area (Å²) in [7, 11) is 0.751. The van der Waals surface area contributed by atoms with Crippen LogP contribution in [0.4, 0.5) is 5.82 Å². The lowest BCUT2D eigenvalue weighted by atomic mass is 10.1. The molecule has 0 radical (unpaired) electrons. The number of rotatable bonds is 5. The molecule has 0 aliphatic heterocycles. The highest BCUT2D eigenvalue weighted by molar-refractivity contribution is 7.90. The predicted octanol–water partition coefficient (Wildman–Crippen LogP) is 4.31. The van der Waals surface area contributed by atoms with Crippen LogP contribution in [0.3, 0.4) is 0 Å². The third-order valence-electron chi connectivity index (χ3n) is 6.00. The van der Waals surface area contributed by atoms with E-state index < -0.39 is 9.84 Å². The van der Waals surface area contributed by atoms with E-state index in [1.54, 1.807) is 12.1 Å². The van der Waals surface area contributed by atoms with E-state index in [1.165, 1.54) is 6.26 Å². The normalized spacial score (nSPS) is 11.9. The van der Waals surface area contributed by atoms with Gasteiger partial charge in [0.2, 0.25) is 0 Å². The van der Waals surface area contributed by atoms with Crippen molar-refractivity contribution in [2.24, 2.45) is 0 Å². The number of benzene rings is 2. The molecule has 0 amide bonds. The molecule has 0 N–H and O–H groups in total. The first-order valence-electron chi connectivity index (χ1n) is 10.9. The van der Waals surface area contributed by atoms with Crippen molar-refractivity contribution in [3.8, 4) is 11.1 Å². The average molecular weight is 472 g/mol. The second kappa shape index (κ2) is 8.22. The van der Waals surface area contributed by atoms with Crippen LogP contribution < -0.4 is 4.90 Å². The summed E-state index contributed by atoms with van der Waals surface area (Å²) in [6.45, 7) is 2.04. The lowest BCUT2D eigenvalue weighted by Gasteiger charge is -2.19. The molecule has 0 spiro atoms. The Balaban J connectivity index is 1.64. The van der Waals surface area contributed by atoms with Crippen LogP contribution in [-0.2, 0) is 16.3 Å². The van der Waals surface area contributed by atoms with Gasteiger partial charge in [0, 0.05) is 55.0 Å². The lowest BCUT2D eigenvalue weighted by Crippen LogP contribution is -2.17. The van der Waals surface area contributed by atoms with Crippen molar-refractivity contribution in [2.75, 3.05) is 25.3 Å². The van der Waals surface area contributed by atoms with Gasteiger partial charge in [-0.15, -0.1) is 0 Å². The molecule has 5 rings (SSSR count). The van der Waals surface area contributed by atoms with Crippen LogP contribution in [0.15, 0.2) is 71.9 Å². The van der Waals surface area contributed by atoms with Crippen molar-refractivity contribution in [2.45, 2.75) is 18.2 Å². The van der Waals surface area contributed by atoms with Crippen LogP contribution in [0.1, 0.15) is 16.8 Å². The minimum absolute atomic E-state index is 0.312. The van der Waals surface area contributed by atoms with E-state index in [0.29, 0.717) is 11.3 Å². The second-order valence-electron chi connectivity index (χ2n) is 8.70. The van der Waals surface area contributed by atoms with E-state index in [0.717, 1.165) is 50.3 Å². The molecular formula is C26H25N5O2S. The standard InChI is InChI=1S/C26H25N5O2S/c1-17-24(13-18-9-11-21(12-10-18)34(4,32)33)29-25-22(16-28-31(25)26(17)30(2)3)20-14-19-7-5-6-8-23(19)27-15-20/h5-12,14-16H,13H2,1-4H3. The van der Waals surface area contributed by atoms with Crippen LogP contribution in [-0.4, -0.2) is 48.4 Å². The minimum Gasteiger partial charge on any atom is -0.362 e. The second-order valence-corrected chi connectivity index (χ2v) is 10.7. The molecule has 0 aliphatic carbocycles. The molecule has 7 nitrogen and oxygen atoms in total. The predicted molar refractivity (Wildman–Crippen MR) is 135 cm³/mol. The van der Waals surface area contributed by atoms with E-state index in [9.17, 15) is 8.42 Å². The highest BCUT2D eigenvalue weighted by Crippen LogP contribution is 2.31. The Kier molecular flexibility index (Phi) is 5.32. The van der Waals surface area contributed by atoms with Crippen molar-refractivity contribution in [1.29, 1.82) is 0 Å². The number of sulfone groups is 1. The average Bonchev–Trinajstić information content (AvgIpc) is 3.22. The number of hydrogen-bond donors (Lipinski definition) is 0. The Hall–Kier alpha value is -3.78. The summed E-state index contributed by atoms with van der Waals surface area (Å²) in [6, 6.07) is 17.1. The van der Waals surface area contributed by atoms with Crippen molar-refractivity contribution in [1.82, 2.24) is 19.6 Å². The molecule has 2 aromatic carbocycles. The third-order valence-corrected chi connectivity index (χ3v) is 7.13. The quantitative estimate of drug-likeness (QED) is 0.380. The fourth-order valence-corrected chi connectivity index (χ4v) is 4.90. The van der Waals surface area contributed by atoms with Gasteiger partial charge in [0.15, 0.2) is 15.5 Å². The maximum absolute atomic E-state index is 11.8. The van der Waals surface area contributed by atoms with Gasteiger partial charge in [-0.25, -0.2) is 13.4 Å². The smallest absolute Gasteiger partial charge is 0.175 e. The van der Waals surface area contributed by atoms with Gasteiger partial charge in [0.05, 0.1) is 22.3 Å². The summed E-state index contributed by atoms with van der Waals surface area (Å²) >= 11 is 0. The summed E-state index contributed by atoms with van der Waals surface area (Å²) in [5.41, 5.74) is 6.50. The Morgan fingerprint density at radius 1 is 1.00 bits per heavy atom. The first kappa shape index (κ1) is 22.0. The number of nitrogens with zero attached hydrogens (tertiary/aromatic N) is 5. The maximum Gasteiger partial charge on any atom is 0.175 e. The van der Waals surface area contributed by atoms with Gasteiger partial charge in [-0.2, -0.15) is 9.61 Å². The molecule has 172 valence electrons. The molecule has 0 bridgehead atoms. The van der Waals surface area contributed by atoms with Crippen molar-refractivity contribution in [3.05, 3.63) is 83.8 Å². The molecule has 0 atom stereocenters. The molecule has 0 aliphatic rings. The van der Waals surface area contributed by atoms with Gasteiger partial charge in [0.1, 0.15) is 5.82 Å². The van der Waals surface area contributed by atoms with Crippen molar-refractivity contribution in [3.63, 3.8) is 0 Å². The molecule has 8 heteroatoms. The first-order valence-corrected chi connectivity index (χ1v) is 12.8. The van der Waals surface area contributed by atoms with E-state index in [1.807, 2.05) is 79.2 Å². The van der Waals surface area contributed by atoms with Crippen LogP contribution >= 0.6 is 0 Å². The summed E-state index contributed by atoms with van der Waals surface area (Å²) < 4.78 is 25.5. The number of anilines is 1. The van der Waals surface area contributed by atoms with Crippen LogP contribution in [0.5, 0.6) is 0 Å². The number of fused-ring (bicyclic) bond motifs is 2. The molecule has 34 heavy (non-hydrogen) atoms. The Morgan fingerprint density at radius 3 is 2.44 bits per heavy atom. The topological polar surface area (TPSA) is 80.5 Å². The Bertz CT molecular complexity index is 1640. The summed E-state index contributed by atoms with van der Waals surface area (Å²) in [4.78, 5) is 12.0. The van der Waals surface area contributed by atoms with Crippen molar-refractivity contribution < 1.29 is 8.42 Å². The SMILES string of the molecule is Cc1c(Cc2ccc(S(C)(=O)=O)cc2)nc2c(-c3cnc4ccccc4c3)cnn2c1N(C)C. The molecule has 3 aromatic heterocycles. The largest absolute Gasteiger partial charge is 0.362 e. The molecule has 5 aromatic rings. The number of pyridine rings is 1. The minimum atomic E-state index is -3.23. The number of aromatic nitrogens is 4. The zero-order valence-electron chi connectivity index (χ0n) is 19.5. The summed E-state index contributed by atoms with van der Waals surface area (Å²) in [5.74, 6) is 0.952.